The van der Waals surface area contributed by atoms with Crippen LogP contribution in [0, 0.1) is 0 Å². The van der Waals surface area contributed by atoms with Crippen molar-refractivity contribution in [3.05, 3.63) is 0 Å². The van der Waals surface area contributed by atoms with E-state index in [1.807, 2.05) is 0 Å². The van der Waals surface area contributed by atoms with E-state index in [1.165, 1.54) is 7.11 Å². The molecule has 6 heteroatoms. The van der Waals surface area contributed by atoms with Gasteiger partial charge in [0.05, 0.1) is 31.8 Å². The first-order chi connectivity index (χ1) is 7.99. The van der Waals surface area contributed by atoms with Crippen molar-refractivity contribution in [3.63, 3.8) is 0 Å². The molecule has 0 bridgehead atoms. The molecule has 0 aromatic rings. The molecule has 0 amide bonds. The van der Waals surface area contributed by atoms with Gasteiger partial charge in [0.15, 0.2) is 0 Å². The summed E-state index contributed by atoms with van der Waals surface area (Å²) in [7, 11) is 3.27. The Kier molecular flexibility index (Phi) is 8.97. The highest BCUT2D eigenvalue weighted by Crippen LogP contribution is 1.99. The van der Waals surface area contributed by atoms with Gasteiger partial charge in [0, 0.05) is 20.2 Å². The Balaban J connectivity index is 3.78. The van der Waals surface area contributed by atoms with E-state index in [1.54, 1.807) is 18.9 Å². The Morgan fingerprint density at radius 1 is 1.29 bits per heavy atom. The molecule has 0 aliphatic carbocycles. The predicted octanol–water partition coefficient (Wildman–Crippen LogP) is -0.760. The fourth-order valence-corrected chi connectivity index (χ4v) is 1.52. The van der Waals surface area contributed by atoms with Crippen molar-refractivity contribution in [2.24, 2.45) is 0 Å². The molecule has 0 rings (SSSR count). The molecule has 0 saturated heterocycles. The first kappa shape index (κ1) is 16.3. The molecule has 2 unspecified atom stereocenters. The summed E-state index contributed by atoms with van der Waals surface area (Å²) in [6.45, 7) is 2.97. The van der Waals surface area contributed by atoms with Gasteiger partial charge in [-0.05, 0) is 14.0 Å². The summed E-state index contributed by atoms with van der Waals surface area (Å²) in [6.07, 6.45) is -1.41. The lowest BCUT2D eigenvalue weighted by atomic mass is 10.2. The zero-order chi connectivity index (χ0) is 13.3. The third-order valence-electron chi connectivity index (χ3n) is 2.11. The zero-order valence-corrected chi connectivity index (χ0v) is 10.8. The van der Waals surface area contributed by atoms with Crippen LogP contribution in [0.2, 0.25) is 0 Å². The standard InChI is InChI=1S/C11H23NO5/c1-4-17-11(15)5-9(13)6-12(2)7-10(14)8-16-3/h9-10,13-14H,4-8H2,1-3H3. The maximum Gasteiger partial charge on any atom is 0.308 e. The minimum Gasteiger partial charge on any atom is -0.466 e. The Labute approximate surface area is 102 Å². The minimum atomic E-state index is -0.784. The number of esters is 1. The largest absolute Gasteiger partial charge is 0.466 e. The van der Waals surface area contributed by atoms with Crippen molar-refractivity contribution in [3.8, 4) is 0 Å². The summed E-state index contributed by atoms with van der Waals surface area (Å²) in [6, 6.07) is 0. The van der Waals surface area contributed by atoms with E-state index in [2.05, 4.69) is 0 Å². The molecule has 2 atom stereocenters. The van der Waals surface area contributed by atoms with Crippen LogP contribution in [-0.2, 0) is 14.3 Å². The van der Waals surface area contributed by atoms with E-state index in [0.717, 1.165) is 0 Å². The highest BCUT2D eigenvalue weighted by Gasteiger charge is 2.15. The second kappa shape index (κ2) is 9.35. The molecule has 0 heterocycles. The maximum absolute atomic E-state index is 11.1. The van der Waals surface area contributed by atoms with Gasteiger partial charge in [-0.25, -0.2) is 0 Å². The fourth-order valence-electron chi connectivity index (χ4n) is 1.52. The number of rotatable bonds is 9. The average molecular weight is 249 g/mol. The van der Waals surface area contributed by atoms with Crippen LogP contribution >= 0.6 is 0 Å². The van der Waals surface area contributed by atoms with Crippen LogP contribution in [-0.4, -0.2) is 73.8 Å². The molecule has 6 nitrogen and oxygen atoms in total. The van der Waals surface area contributed by atoms with Gasteiger partial charge >= 0.3 is 5.97 Å². The van der Waals surface area contributed by atoms with Crippen molar-refractivity contribution in [2.75, 3.05) is 40.5 Å². The summed E-state index contributed by atoms with van der Waals surface area (Å²) in [4.78, 5) is 12.8. The van der Waals surface area contributed by atoms with Gasteiger partial charge in [-0.2, -0.15) is 0 Å². The van der Waals surface area contributed by atoms with Gasteiger partial charge in [-0.15, -0.1) is 0 Å². The quantitative estimate of drug-likeness (QED) is 0.523. The Morgan fingerprint density at radius 2 is 1.88 bits per heavy atom. The molecule has 17 heavy (non-hydrogen) atoms. The molecular weight excluding hydrogens is 226 g/mol. The SMILES string of the molecule is CCOC(=O)CC(O)CN(C)CC(O)COC. The first-order valence-corrected chi connectivity index (χ1v) is 5.68. The number of methoxy groups -OCH3 is 1. The number of carbonyl (C=O) groups excluding carboxylic acids is 1. The average Bonchev–Trinajstić information content (AvgIpc) is 2.16. The molecule has 2 N–H and O–H groups in total. The Bertz CT molecular complexity index is 212. The molecular formula is C11H23NO5. The first-order valence-electron chi connectivity index (χ1n) is 5.68. The van der Waals surface area contributed by atoms with Gasteiger partial charge in [0.1, 0.15) is 0 Å². The highest BCUT2D eigenvalue weighted by molar-refractivity contribution is 5.69. The van der Waals surface area contributed by atoms with Crippen molar-refractivity contribution in [2.45, 2.75) is 25.6 Å². The molecule has 0 aliphatic rings. The Hall–Kier alpha value is -0.690. The normalized spacial score (nSPS) is 14.7. The van der Waals surface area contributed by atoms with Crippen LogP contribution < -0.4 is 0 Å². The van der Waals surface area contributed by atoms with Gasteiger partial charge in [0.2, 0.25) is 0 Å². The third kappa shape index (κ3) is 9.05. The molecule has 0 aliphatic heterocycles. The van der Waals surface area contributed by atoms with Crippen LogP contribution in [0.15, 0.2) is 0 Å². The van der Waals surface area contributed by atoms with Crippen LogP contribution in [0.1, 0.15) is 13.3 Å². The highest BCUT2D eigenvalue weighted by atomic mass is 16.5. The van der Waals surface area contributed by atoms with E-state index in [4.69, 9.17) is 9.47 Å². The predicted molar refractivity (Wildman–Crippen MR) is 62.6 cm³/mol. The Morgan fingerprint density at radius 3 is 2.41 bits per heavy atom. The van der Waals surface area contributed by atoms with Gasteiger partial charge < -0.3 is 24.6 Å². The summed E-state index contributed by atoms with van der Waals surface area (Å²) in [5, 5.41) is 19.1. The van der Waals surface area contributed by atoms with E-state index in [9.17, 15) is 15.0 Å². The minimum absolute atomic E-state index is 0.0292. The van der Waals surface area contributed by atoms with Crippen LogP contribution in [0.3, 0.4) is 0 Å². The number of ether oxygens (including phenoxy) is 2. The fraction of sp³-hybridized carbons (Fsp3) is 0.909. The second-order valence-electron chi connectivity index (χ2n) is 3.99. The second-order valence-corrected chi connectivity index (χ2v) is 3.99. The molecule has 0 aromatic heterocycles. The van der Waals surface area contributed by atoms with Crippen molar-refractivity contribution >= 4 is 5.97 Å². The maximum atomic E-state index is 11.1. The lowest BCUT2D eigenvalue weighted by Gasteiger charge is -2.22. The molecule has 102 valence electrons. The lowest BCUT2D eigenvalue weighted by molar-refractivity contribution is -0.145. The number of likely N-dealkylation sites (N-methyl/N-ethyl adjacent to an activating group) is 1. The topological polar surface area (TPSA) is 79.2 Å². The number of nitrogens with zero attached hydrogens (tertiary/aromatic N) is 1. The van der Waals surface area contributed by atoms with Crippen molar-refractivity contribution < 1.29 is 24.5 Å². The van der Waals surface area contributed by atoms with Crippen LogP contribution in [0.25, 0.3) is 0 Å². The summed E-state index contributed by atoms with van der Waals surface area (Å²) < 4.78 is 9.52. The molecule has 0 saturated carbocycles. The van der Waals surface area contributed by atoms with Gasteiger partial charge in [0.25, 0.3) is 0 Å². The van der Waals surface area contributed by atoms with Gasteiger partial charge in [-0.1, -0.05) is 0 Å². The summed E-state index contributed by atoms with van der Waals surface area (Å²) >= 11 is 0. The number of hydrogen-bond donors (Lipinski definition) is 2. The third-order valence-corrected chi connectivity index (χ3v) is 2.11. The summed E-state index contributed by atoms with van der Waals surface area (Å²) in [5.74, 6) is -0.411. The molecule has 0 aromatic carbocycles. The van der Waals surface area contributed by atoms with Gasteiger partial charge in [-0.3, -0.25) is 4.79 Å². The number of aliphatic hydroxyl groups excluding tert-OH is 2. The van der Waals surface area contributed by atoms with E-state index in [-0.39, 0.29) is 13.0 Å². The van der Waals surface area contributed by atoms with Crippen LogP contribution in [0.5, 0.6) is 0 Å². The number of carbonyl (C=O) groups is 1. The zero-order valence-electron chi connectivity index (χ0n) is 10.8. The number of aliphatic hydroxyl groups is 2. The van der Waals surface area contributed by atoms with E-state index < -0.39 is 18.2 Å². The lowest BCUT2D eigenvalue weighted by Crippen LogP contribution is -2.37. The molecule has 0 spiro atoms. The smallest absolute Gasteiger partial charge is 0.308 e. The summed E-state index contributed by atoms with van der Waals surface area (Å²) in [5.41, 5.74) is 0. The van der Waals surface area contributed by atoms with Crippen molar-refractivity contribution in [1.82, 2.24) is 4.90 Å². The molecule has 0 fully saturated rings. The molecule has 0 radical (unpaired) electrons. The monoisotopic (exact) mass is 249 g/mol. The van der Waals surface area contributed by atoms with Crippen LogP contribution in [0.4, 0.5) is 0 Å². The van der Waals surface area contributed by atoms with E-state index >= 15 is 0 Å². The van der Waals surface area contributed by atoms with Crippen molar-refractivity contribution in [1.29, 1.82) is 0 Å². The van der Waals surface area contributed by atoms with E-state index in [0.29, 0.717) is 19.7 Å². The number of hydrogen-bond acceptors (Lipinski definition) is 6.